The zero-order chi connectivity index (χ0) is 14.9. The number of nitrogens with one attached hydrogen (secondary N) is 1. The number of anilines is 1. The van der Waals surface area contributed by atoms with Crippen LogP contribution in [0.1, 0.15) is 21.6 Å². The third-order valence-electron chi connectivity index (χ3n) is 2.67. The molecule has 1 aromatic carbocycles. The van der Waals surface area contributed by atoms with Gasteiger partial charge in [0, 0.05) is 24.5 Å². The van der Waals surface area contributed by atoms with Gasteiger partial charge in [0.2, 0.25) is 0 Å². The summed E-state index contributed by atoms with van der Waals surface area (Å²) in [5.41, 5.74) is 0.102. The second-order valence-corrected chi connectivity index (χ2v) is 4.37. The van der Waals surface area contributed by atoms with Gasteiger partial charge in [0.05, 0.1) is 5.56 Å². The maximum absolute atomic E-state index is 12.6. The van der Waals surface area contributed by atoms with Crippen LogP contribution in [0.4, 0.5) is 18.9 Å². The molecule has 0 unspecified atom stereocenters. The Bertz CT molecular complexity index is 647. The van der Waals surface area contributed by atoms with Crippen LogP contribution < -0.4 is 5.32 Å². The highest BCUT2D eigenvalue weighted by Gasteiger charge is 2.30. The van der Waals surface area contributed by atoms with Gasteiger partial charge >= 0.3 is 6.18 Å². The highest BCUT2D eigenvalue weighted by Crippen LogP contribution is 2.30. The molecule has 106 valence electrons. The molecule has 0 atom stereocenters. The molecule has 0 saturated heterocycles. The first-order chi connectivity index (χ1) is 9.27. The minimum absolute atomic E-state index is 0.0786. The molecule has 1 heterocycles. The van der Waals surface area contributed by atoms with Gasteiger partial charge in [-0.3, -0.25) is 9.48 Å². The highest BCUT2D eigenvalue weighted by atomic mass is 19.4. The summed E-state index contributed by atoms with van der Waals surface area (Å²) >= 11 is 0. The zero-order valence-electron chi connectivity index (χ0n) is 10.8. The topological polar surface area (TPSA) is 46.9 Å². The Morgan fingerprint density at radius 3 is 2.60 bits per heavy atom. The molecule has 2 rings (SSSR count). The number of hydrogen-bond acceptors (Lipinski definition) is 2. The predicted molar refractivity (Wildman–Crippen MR) is 67.3 cm³/mol. The van der Waals surface area contributed by atoms with Crippen molar-refractivity contribution < 1.29 is 18.0 Å². The van der Waals surface area contributed by atoms with Crippen molar-refractivity contribution in [2.75, 3.05) is 5.32 Å². The number of aromatic nitrogens is 2. The first kappa shape index (κ1) is 14.1. The lowest BCUT2D eigenvalue weighted by Crippen LogP contribution is -2.15. The normalized spacial score (nSPS) is 11.4. The summed E-state index contributed by atoms with van der Waals surface area (Å²) in [6.45, 7) is 1.70. The molecule has 7 heteroatoms. The predicted octanol–water partition coefficient (Wildman–Crippen LogP) is 3.00. The lowest BCUT2D eigenvalue weighted by atomic mass is 10.2. The Hall–Kier alpha value is -2.31. The molecule has 0 radical (unpaired) electrons. The Morgan fingerprint density at radius 2 is 2.05 bits per heavy atom. The average molecular weight is 283 g/mol. The summed E-state index contributed by atoms with van der Waals surface area (Å²) in [6, 6.07) is 4.47. The van der Waals surface area contributed by atoms with E-state index in [1.807, 2.05) is 0 Å². The zero-order valence-corrected chi connectivity index (χ0v) is 10.8. The van der Waals surface area contributed by atoms with Crippen LogP contribution >= 0.6 is 0 Å². The van der Waals surface area contributed by atoms with E-state index in [2.05, 4.69) is 10.4 Å². The van der Waals surface area contributed by atoms with Gasteiger partial charge in [0.25, 0.3) is 5.91 Å². The summed E-state index contributed by atoms with van der Waals surface area (Å²) < 4.78 is 39.2. The van der Waals surface area contributed by atoms with Crippen LogP contribution in [0.5, 0.6) is 0 Å². The average Bonchev–Trinajstić information content (AvgIpc) is 2.68. The Morgan fingerprint density at radius 1 is 1.35 bits per heavy atom. The second-order valence-electron chi connectivity index (χ2n) is 4.37. The fourth-order valence-electron chi connectivity index (χ4n) is 1.79. The fraction of sp³-hybridized carbons (Fsp3) is 0.231. The van der Waals surface area contributed by atoms with Crippen molar-refractivity contribution in [3.63, 3.8) is 0 Å². The van der Waals surface area contributed by atoms with Crippen LogP contribution in [0.3, 0.4) is 0 Å². The number of carbonyl (C=O) groups is 1. The van der Waals surface area contributed by atoms with E-state index in [0.29, 0.717) is 5.56 Å². The monoisotopic (exact) mass is 283 g/mol. The number of rotatable bonds is 2. The first-order valence-electron chi connectivity index (χ1n) is 5.76. The lowest BCUT2D eigenvalue weighted by Gasteiger charge is -2.09. The number of amides is 1. The number of aryl methyl sites for hydroxylation is 2. The molecular weight excluding hydrogens is 271 g/mol. The number of benzene rings is 1. The molecule has 20 heavy (non-hydrogen) atoms. The number of halogens is 3. The largest absolute Gasteiger partial charge is 0.416 e. The molecule has 2 aromatic rings. The van der Waals surface area contributed by atoms with Crippen molar-refractivity contribution in [3.8, 4) is 0 Å². The standard InChI is InChI=1S/C13H12F3N3O/c1-8-7-19(2)18-11(8)12(20)17-10-5-3-4-9(6-10)13(14,15)16/h3-7H,1-2H3,(H,17,20). The second kappa shape index (κ2) is 4.99. The Balaban J connectivity index is 2.22. The molecule has 1 aromatic heterocycles. The van der Waals surface area contributed by atoms with Crippen molar-refractivity contribution >= 4 is 11.6 Å². The molecule has 4 nitrogen and oxygen atoms in total. The van der Waals surface area contributed by atoms with Crippen LogP contribution in [0, 0.1) is 6.92 Å². The van der Waals surface area contributed by atoms with Crippen LogP contribution in [-0.4, -0.2) is 15.7 Å². The van der Waals surface area contributed by atoms with E-state index < -0.39 is 17.6 Å². The van der Waals surface area contributed by atoms with Crippen LogP contribution in [-0.2, 0) is 13.2 Å². The van der Waals surface area contributed by atoms with Crippen LogP contribution in [0.25, 0.3) is 0 Å². The van der Waals surface area contributed by atoms with Gasteiger partial charge in [-0.2, -0.15) is 18.3 Å². The molecule has 0 saturated carbocycles. The van der Waals surface area contributed by atoms with E-state index in [9.17, 15) is 18.0 Å². The van der Waals surface area contributed by atoms with Gasteiger partial charge in [-0.25, -0.2) is 0 Å². The van der Waals surface area contributed by atoms with Gasteiger partial charge in [-0.15, -0.1) is 0 Å². The van der Waals surface area contributed by atoms with Crippen LogP contribution in [0.2, 0.25) is 0 Å². The molecule has 0 spiro atoms. The van der Waals surface area contributed by atoms with Crippen molar-refractivity contribution in [3.05, 3.63) is 47.3 Å². The molecule has 0 aliphatic carbocycles. The van der Waals surface area contributed by atoms with E-state index >= 15 is 0 Å². The summed E-state index contributed by atoms with van der Waals surface area (Å²) in [4.78, 5) is 11.9. The highest BCUT2D eigenvalue weighted by molar-refractivity contribution is 6.03. The SMILES string of the molecule is Cc1cn(C)nc1C(=O)Nc1cccc(C(F)(F)F)c1. The Kier molecular flexibility index (Phi) is 3.52. The van der Waals surface area contributed by atoms with Crippen molar-refractivity contribution in [2.45, 2.75) is 13.1 Å². The molecular formula is C13H12F3N3O. The number of hydrogen-bond donors (Lipinski definition) is 1. The Labute approximate surface area is 113 Å². The minimum Gasteiger partial charge on any atom is -0.321 e. The quantitative estimate of drug-likeness (QED) is 0.921. The van der Waals surface area contributed by atoms with Gasteiger partial charge in [-0.05, 0) is 25.1 Å². The molecule has 1 amide bonds. The van der Waals surface area contributed by atoms with E-state index in [4.69, 9.17) is 0 Å². The molecule has 0 fully saturated rings. The minimum atomic E-state index is -4.44. The number of carbonyl (C=O) groups excluding carboxylic acids is 1. The lowest BCUT2D eigenvalue weighted by molar-refractivity contribution is -0.137. The van der Waals surface area contributed by atoms with Gasteiger partial charge in [0.15, 0.2) is 5.69 Å². The van der Waals surface area contributed by atoms with Gasteiger partial charge in [0.1, 0.15) is 0 Å². The maximum atomic E-state index is 12.6. The van der Waals surface area contributed by atoms with E-state index in [0.717, 1.165) is 12.1 Å². The third kappa shape index (κ3) is 2.98. The van der Waals surface area contributed by atoms with Crippen molar-refractivity contribution in [1.29, 1.82) is 0 Å². The summed E-state index contributed by atoms with van der Waals surface area (Å²) in [6.07, 6.45) is -2.79. The number of alkyl halides is 3. The fourth-order valence-corrected chi connectivity index (χ4v) is 1.79. The summed E-state index contributed by atoms with van der Waals surface area (Å²) in [7, 11) is 1.66. The van der Waals surface area contributed by atoms with E-state index in [1.165, 1.54) is 16.8 Å². The van der Waals surface area contributed by atoms with Crippen molar-refractivity contribution in [1.82, 2.24) is 9.78 Å². The third-order valence-corrected chi connectivity index (χ3v) is 2.67. The smallest absolute Gasteiger partial charge is 0.321 e. The molecule has 0 bridgehead atoms. The van der Waals surface area contributed by atoms with Gasteiger partial charge in [-0.1, -0.05) is 6.07 Å². The summed E-state index contributed by atoms with van der Waals surface area (Å²) in [5.74, 6) is -0.539. The molecule has 1 N–H and O–H groups in total. The van der Waals surface area contributed by atoms with Gasteiger partial charge < -0.3 is 5.32 Å². The van der Waals surface area contributed by atoms with Crippen molar-refractivity contribution in [2.24, 2.45) is 7.05 Å². The summed E-state index contributed by atoms with van der Waals surface area (Å²) in [5, 5.41) is 6.37. The first-order valence-corrected chi connectivity index (χ1v) is 5.76. The number of nitrogens with zero attached hydrogens (tertiary/aromatic N) is 2. The van der Waals surface area contributed by atoms with E-state index in [1.54, 1.807) is 20.2 Å². The van der Waals surface area contributed by atoms with E-state index in [-0.39, 0.29) is 11.4 Å². The molecule has 0 aliphatic heterocycles. The maximum Gasteiger partial charge on any atom is 0.416 e. The molecule has 0 aliphatic rings. The van der Waals surface area contributed by atoms with Crippen LogP contribution in [0.15, 0.2) is 30.5 Å².